The summed E-state index contributed by atoms with van der Waals surface area (Å²) in [5, 5.41) is 14.0. The number of ether oxygens (including phenoxy) is 1. The fourth-order valence-corrected chi connectivity index (χ4v) is 1.65. The van der Waals surface area contributed by atoms with Gasteiger partial charge in [-0.2, -0.15) is 0 Å². The molecule has 0 heterocycles. The number of nitrogens with one attached hydrogen (secondary N) is 1. The third-order valence-corrected chi connectivity index (χ3v) is 2.80. The van der Waals surface area contributed by atoms with Crippen molar-refractivity contribution in [3.8, 4) is 0 Å². The van der Waals surface area contributed by atoms with Crippen LogP contribution in [0.25, 0.3) is 0 Å². The van der Waals surface area contributed by atoms with Crippen molar-refractivity contribution in [2.75, 3.05) is 19.0 Å². The maximum absolute atomic E-state index is 11.5. The molecule has 1 aromatic rings. The maximum Gasteiger partial charge on any atom is 0.337 e. The molecule has 0 atom stereocenters. The van der Waals surface area contributed by atoms with Gasteiger partial charge in [-0.05, 0) is 24.0 Å². The van der Waals surface area contributed by atoms with E-state index in [9.17, 15) is 14.9 Å². The van der Waals surface area contributed by atoms with Crippen molar-refractivity contribution in [1.29, 1.82) is 0 Å². The highest BCUT2D eigenvalue weighted by molar-refractivity contribution is 5.91. The van der Waals surface area contributed by atoms with Crippen molar-refractivity contribution in [3.63, 3.8) is 0 Å². The monoisotopic (exact) mass is 280 g/mol. The van der Waals surface area contributed by atoms with Crippen LogP contribution in [-0.2, 0) is 4.74 Å². The van der Waals surface area contributed by atoms with Gasteiger partial charge in [-0.3, -0.25) is 10.1 Å². The number of benzene rings is 1. The van der Waals surface area contributed by atoms with Crippen LogP contribution in [0.4, 0.5) is 11.4 Å². The molecular formula is C14H20N2O4. The highest BCUT2D eigenvalue weighted by Gasteiger charge is 2.18. The van der Waals surface area contributed by atoms with Gasteiger partial charge in [0.25, 0.3) is 5.69 Å². The summed E-state index contributed by atoms with van der Waals surface area (Å²) >= 11 is 0. The Bertz CT molecular complexity index is 506. The van der Waals surface area contributed by atoms with Crippen LogP contribution in [-0.4, -0.2) is 24.5 Å². The molecule has 0 aliphatic carbocycles. The molecule has 0 unspecified atom stereocenters. The average molecular weight is 280 g/mol. The number of hydrogen-bond donors (Lipinski definition) is 1. The first-order valence-electron chi connectivity index (χ1n) is 6.35. The molecule has 0 bridgehead atoms. The minimum absolute atomic E-state index is 0.0495. The normalized spacial score (nSPS) is 11.0. The highest BCUT2D eigenvalue weighted by Crippen LogP contribution is 2.27. The zero-order chi connectivity index (χ0) is 15.3. The number of rotatable bonds is 5. The zero-order valence-corrected chi connectivity index (χ0v) is 12.2. The van der Waals surface area contributed by atoms with Crippen LogP contribution < -0.4 is 5.32 Å². The van der Waals surface area contributed by atoms with Crippen molar-refractivity contribution >= 4 is 17.3 Å². The molecule has 1 aromatic carbocycles. The number of nitro groups is 1. The summed E-state index contributed by atoms with van der Waals surface area (Å²) in [5.41, 5.74) is 0.701. The van der Waals surface area contributed by atoms with Crippen molar-refractivity contribution < 1.29 is 14.5 Å². The fourth-order valence-electron chi connectivity index (χ4n) is 1.65. The molecule has 0 spiro atoms. The lowest BCUT2D eigenvalue weighted by molar-refractivity contribution is -0.384. The molecule has 0 fully saturated rings. The van der Waals surface area contributed by atoms with Crippen LogP contribution in [0.2, 0.25) is 0 Å². The van der Waals surface area contributed by atoms with E-state index in [2.05, 4.69) is 30.8 Å². The number of carbonyl (C=O) groups is 1. The van der Waals surface area contributed by atoms with Crippen molar-refractivity contribution in [3.05, 3.63) is 33.9 Å². The van der Waals surface area contributed by atoms with E-state index in [1.54, 1.807) is 0 Å². The SMILES string of the molecule is COC(=O)c1ccc([N+](=O)[O-])c(NCCC(C)(C)C)c1. The Balaban J connectivity index is 2.94. The molecular weight excluding hydrogens is 260 g/mol. The summed E-state index contributed by atoms with van der Waals surface area (Å²) in [7, 11) is 1.27. The van der Waals surface area contributed by atoms with Crippen molar-refractivity contribution in [2.45, 2.75) is 27.2 Å². The second kappa shape index (κ2) is 6.36. The quantitative estimate of drug-likeness (QED) is 0.508. The largest absolute Gasteiger partial charge is 0.465 e. The number of carbonyl (C=O) groups excluding carboxylic acids is 1. The lowest BCUT2D eigenvalue weighted by atomic mass is 9.92. The predicted octanol–water partition coefficient (Wildman–Crippen LogP) is 3.23. The van der Waals surface area contributed by atoms with Crippen LogP contribution in [0.3, 0.4) is 0 Å². The zero-order valence-electron chi connectivity index (χ0n) is 12.2. The Morgan fingerprint density at radius 3 is 2.55 bits per heavy atom. The number of hydrogen-bond acceptors (Lipinski definition) is 5. The molecule has 0 aliphatic rings. The summed E-state index contributed by atoms with van der Waals surface area (Å²) in [6, 6.07) is 4.15. The first kappa shape index (κ1) is 15.9. The molecule has 0 radical (unpaired) electrons. The molecule has 1 rings (SSSR count). The van der Waals surface area contributed by atoms with Crippen LogP contribution >= 0.6 is 0 Å². The average Bonchev–Trinajstić information content (AvgIpc) is 2.35. The Morgan fingerprint density at radius 1 is 1.40 bits per heavy atom. The van der Waals surface area contributed by atoms with Gasteiger partial charge >= 0.3 is 5.97 Å². The number of methoxy groups -OCH3 is 1. The Labute approximate surface area is 118 Å². The minimum Gasteiger partial charge on any atom is -0.465 e. The lowest BCUT2D eigenvalue weighted by Gasteiger charge is -2.18. The van der Waals surface area contributed by atoms with Crippen LogP contribution in [0.15, 0.2) is 18.2 Å². The third-order valence-electron chi connectivity index (χ3n) is 2.80. The van der Waals surface area contributed by atoms with Gasteiger partial charge in [0.15, 0.2) is 0 Å². The topological polar surface area (TPSA) is 81.5 Å². The first-order chi connectivity index (χ1) is 9.24. The number of anilines is 1. The van der Waals surface area contributed by atoms with E-state index in [0.29, 0.717) is 12.2 Å². The fraction of sp³-hybridized carbons (Fsp3) is 0.500. The van der Waals surface area contributed by atoms with E-state index in [4.69, 9.17) is 0 Å². The highest BCUT2D eigenvalue weighted by atomic mass is 16.6. The van der Waals surface area contributed by atoms with Gasteiger partial charge in [0, 0.05) is 12.6 Å². The van der Waals surface area contributed by atoms with E-state index in [1.165, 1.54) is 25.3 Å². The molecule has 6 heteroatoms. The molecule has 0 saturated heterocycles. The Hall–Kier alpha value is -2.11. The first-order valence-corrected chi connectivity index (χ1v) is 6.35. The van der Waals surface area contributed by atoms with Gasteiger partial charge in [0.1, 0.15) is 5.69 Å². The van der Waals surface area contributed by atoms with Gasteiger partial charge in [-0.25, -0.2) is 4.79 Å². The standard InChI is InChI=1S/C14H20N2O4/c1-14(2,3)7-8-15-11-9-10(13(17)20-4)5-6-12(11)16(18)19/h5-6,9,15H,7-8H2,1-4H3. The van der Waals surface area contributed by atoms with Gasteiger partial charge in [-0.1, -0.05) is 20.8 Å². The number of esters is 1. The predicted molar refractivity (Wildman–Crippen MR) is 77.0 cm³/mol. The van der Waals surface area contributed by atoms with E-state index in [0.717, 1.165) is 6.42 Å². The van der Waals surface area contributed by atoms with Crippen molar-refractivity contribution in [2.24, 2.45) is 5.41 Å². The molecule has 1 N–H and O–H groups in total. The molecule has 0 aromatic heterocycles. The number of nitrogens with zero attached hydrogens (tertiary/aromatic N) is 1. The van der Waals surface area contributed by atoms with E-state index >= 15 is 0 Å². The maximum atomic E-state index is 11.5. The second-order valence-electron chi connectivity index (χ2n) is 5.72. The molecule has 0 amide bonds. The van der Waals surface area contributed by atoms with Crippen LogP contribution in [0.1, 0.15) is 37.6 Å². The molecule has 0 saturated carbocycles. The Morgan fingerprint density at radius 2 is 2.05 bits per heavy atom. The van der Waals surface area contributed by atoms with Gasteiger partial charge in [0.2, 0.25) is 0 Å². The van der Waals surface area contributed by atoms with E-state index in [1.807, 2.05) is 0 Å². The van der Waals surface area contributed by atoms with Crippen LogP contribution in [0.5, 0.6) is 0 Å². The molecule has 0 aliphatic heterocycles. The van der Waals surface area contributed by atoms with Gasteiger partial charge in [0.05, 0.1) is 17.6 Å². The third kappa shape index (κ3) is 4.53. The molecule has 20 heavy (non-hydrogen) atoms. The van der Waals surface area contributed by atoms with E-state index in [-0.39, 0.29) is 16.7 Å². The molecule has 6 nitrogen and oxygen atoms in total. The van der Waals surface area contributed by atoms with Gasteiger partial charge < -0.3 is 10.1 Å². The summed E-state index contributed by atoms with van der Waals surface area (Å²) in [4.78, 5) is 22.0. The second-order valence-corrected chi connectivity index (χ2v) is 5.72. The summed E-state index contributed by atoms with van der Waals surface area (Å²) in [6.45, 7) is 6.87. The summed E-state index contributed by atoms with van der Waals surface area (Å²) in [5.74, 6) is -0.515. The lowest BCUT2D eigenvalue weighted by Crippen LogP contribution is -2.14. The van der Waals surface area contributed by atoms with Crippen molar-refractivity contribution in [1.82, 2.24) is 0 Å². The van der Waals surface area contributed by atoms with E-state index < -0.39 is 10.9 Å². The smallest absolute Gasteiger partial charge is 0.337 e. The minimum atomic E-state index is -0.515. The summed E-state index contributed by atoms with van der Waals surface area (Å²) < 4.78 is 4.61. The van der Waals surface area contributed by atoms with Crippen LogP contribution in [0, 0.1) is 15.5 Å². The molecule has 110 valence electrons. The van der Waals surface area contributed by atoms with Gasteiger partial charge in [-0.15, -0.1) is 0 Å². The Kier molecular flexibility index (Phi) is 5.07. The summed E-state index contributed by atoms with van der Waals surface area (Å²) in [6.07, 6.45) is 0.854. The number of nitro benzene ring substituents is 1.